The van der Waals surface area contributed by atoms with Crippen LogP contribution in [-0.4, -0.2) is 12.1 Å². The molecule has 1 saturated heterocycles. The van der Waals surface area contributed by atoms with Gasteiger partial charge in [0.25, 0.3) is 0 Å². The molecule has 0 spiro atoms. The second-order valence-electron chi connectivity index (χ2n) is 4.44. The second-order valence-corrected chi connectivity index (χ2v) is 5.77. The Labute approximate surface area is 120 Å². The number of hydrogen-bond acceptors (Lipinski definition) is 2. The molecule has 96 valence electrons. The summed E-state index contributed by atoms with van der Waals surface area (Å²) in [4.78, 5) is 11.0. The van der Waals surface area contributed by atoms with E-state index >= 15 is 0 Å². The molecule has 0 aromatic heterocycles. The molecule has 2 rings (SSSR count). The standard InChI is InChI=1S/C14H14BrClO2/c1-9-2-4-10(5-3-9)14(16)12(15)8-11-6-7-13(17)18-11/h2-5,11H,6-8H2,1H3/b14-12-/t11-/m0/s1. The molecule has 1 aromatic carbocycles. The molecule has 0 aliphatic carbocycles. The van der Waals surface area contributed by atoms with Gasteiger partial charge < -0.3 is 4.74 Å². The normalized spacial score (nSPS) is 20.6. The van der Waals surface area contributed by atoms with Gasteiger partial charge in [-0.25, -0.2) is 0 Å². The molecule has 0 bridgehead atoms. The molecule has 0 saturated carbocycles. The molecule has 1 heterocycles. The van der Waals surface area contributed by atoms with Crippen molar-refractivity contribution in [2.45, 2.75) is 32.3 Å². The number of benzene rings is 1. The van der Waals surface area contributed by atoms with Crippen molar-refractivity contribution in [3.05, 3.63) is 39.9 Å². The molecule has 1 atom stereocenters. The van der Waals surface area contributed by atoms with Crippen LogP contribution in [0.5, 0.6) is 0 Å². The van der Waals surface area contributed by atoms with Crippen LogP contribution in [0.25, 0.3) is 5.03 Å². The van der Waals surface area contributed by atoms with Crippen LogP contribution in [0.2, 0.25) is 0 Å². The third-order valence-corrected chi connectivity index (χ3v) is 4.31. The van der Waals surface area contributed by atoms with Crippen molar-refractivity contribution in [1.29, 1.82) is 0 Å². The molecule has 1 aliphatic heterocycles. The number of aryl methyl sites for hydroxylation is 1. The van der Waals surface area contributed by atoms with E-state index in [1.54, 1.807) is 0 Å². The van der Waals surface area contributed by atoms with Crippen molar-refractivity contribution in [3.8, 4) is 0 Å². The van der Waals surface area contributed by atoms with E-state index in [1.807, 2.05) is 31.2 Å². The fraction of sp³-hybridized carbons (Fsp3) is 0.357. The van der Waals surface area contributed by atoms with Crippen LogP contribution in [0.15, 0.2) is 28.7 Å². The highest BCUT2D eigenvalue weighted by Gasteiger charge is 2.24. The Morgan fingerprint density at radius 1 is 1.44 bits per heavy atom. The summed E-state index contributed by atoms with van der Waals surface area (Å²) >= 11 is 9.80. The summed E-state index contributed by atoms with van der Waals surface area (Å²) in [6.07, 6.45) is 1.86. The van der Waals surface area contributed by atoms with Crippen molar-refractivity contribution in [2.24, 2.45) is 0 Å². The van der Waals surface area contributed by atoms with Crippen molar-refractivity contribution >= 4 is 38.5 Å². The quantitative estimate of drug-likeness (QED) is 0.769. The summed E-state index contributed by atoms with van der Waals surface area (Å²) in [5.41, 5.74) is 2.17. The molecule has 4 heteroatoms. The molecule has 0 radical (unpaired) electrons. The topological polar surface area (TPSA) is 26.3 Å². The first-order valence-corrected chi connectivity index (χ1v) is 7.04. The van der Waals surface area contributed by atoms with Crippen LogP contribution in [0.1, 0.15) is 30.4 Å². The Morgan fingerprint density at radius 2 is 2.11 bits per heavy atom. The van der Waals surface area contributed by atoms with Gasteiger partial charge in [0.15, 0.2) is 0 Å². The third-order valence-electron chi connectivity index (χ3n) is 2.92. The van der Waals surface area contributed by atoms with Crippen molar-refractivity contribution < 1.29 is 9.53 Å². The lowest BCUT2D eigenvalue weighted by atomic mass is 10.1. The number of halogens is 2. The average molecular weight is 330 g/mol. The summed E-state index contributed by atoms with van der Waals surface area (Å²) in [7, 11) is 0. The van der Waals surface area contributed by atoms with Crippen LogP contribution in [0.4, 0.5) is 0 Å². The summed E-state index contributed by atoms with van der Waals surface area (Å²) in [6, 6.07) is 8.01. The van der Waals surface area contributed by atoms with Gasteiger partial charge in [-0.15, -0.1) is 0 Å². The summed E-state index contributed by atoms with van der Waals surface area (Å²) in [6.45, 7) is 2.04. The highest BCUT2D eigenvalue weighted by atomic mass is 79.9. The highest BCUT2D eigenvalue weighted by Crippen LogP contribution is 2.32. The largest absolute Gasteiger partial charge is 0.462 e. The van der Waals surface area contributed by atoms with Gasteiger partial charge in [-0.1, -0.05) is 57.4 Å². The maximum absolute atomic E-state index is 11.0. The summed E-state index contributed by atoms with van der Waals surface area (Å²) in [5.74, 6) is -0.119. The molecule has 1 fully saturated rings. The van der Waals surface area contributed by atoms with Gasteiger partial charge in [-0.2, -0.15) is 0 Å². The monoisotopic (exact) mass is 328 g/mol. The van der Waals surface area contributed by atoms with Gasteiger partial charge in [-0.3, -0.25) is 4.79 Å². The van der Waals surface area contributed by atoms with Gasteiger partial charge in [0, 0.05) is 17.3 Å². The van der Waals surface area contributed by atoms with Crippen molar-refractivity contribution in [1.82, 2.24) is 0 Å². The molecule has 0 N–H and O–H groups in total. The zero-order valence-corrected chi connectivity index (χ0v) is 12.4. The molecular formula is C14H14BrClO2. The van der Waals surface area contributed by atoms with E-state index in [2.05, 4.69) is 15.9 Å². The Balaban J connectivity index is 2.09. The molecule has 2 nitrogen and oxygen atoms in total. The highest BCUT2D eigenvalue weighted by molar-refractivity contribution is 9.11. The van der Waals surface area contributed by atoms with Crippen LogP contribution < -0.4 is 0 Å². The van der Waals surface area contributed by atoms with Gasteiger partial charge in [-0.05, 0) is 18.9 Å². The maximum Gasteiger partial charge on any atom is 0.306 e. The minimum absolute atomic E-state index is 0.0499. The molecule has 18 heavy (non-hydrogen) atoms. The fourth-order valence-corrected chi connectivity index (χ4v) is 2.67. The predicted octanol–water partition coefficient (Wildman–Crippen LogP) is 4.39. The maximum atomic E-state index is 11.0. The molecule has 1 aliphatic rings. The first-order chi connectivity index (χ1) is 8.56. The van der Waals surface area contributed by atoms with Gasteiger partial charge in [0.1, 0.15) is 6.10 Å². The van der Waals surface area contributed by atoms with E-state index in [0.717, 1.165) is 16.5 Å². The Hall–Kier alpha value is -0.800. The van der Waals surface area contributed by atoms with E-state index in [4.69, 9.17) is 16.3 Å². The van der Waals surface area contributed by atoms with E-state index < -0.39 is 0 Å². The van der Waals surface area contributed by atoms with E-state index in [-0.39, 0.29) is 12.1 Å². The Bertz CT molecular complexity index is 479. The van der Waals surface area contributed by atoms with Crippen LogP contribution in [0, 0.1) is 6.92 Å². The van der Waals surface area contributed by atoms with Gasteiger partial charge in [0.2, 0.25) is 0 Å². The van der Waals surface area contributed by atoms with Crippen LogP contribution >= 0.6 is 27.5 Å². The number of ether oxygens (including phenoxy) is 1. The average Bonchev–Trinajstić information content (AvgIpc) is 2.75. The third kappa shape index (κ3) is 3.36. The fourth-order valence-electron chi connectivity index (χ4n) is 1.87. The first-order valence-electron chi connectivity index (χ1n) is 5.87. The van der Waals surface area contributed by atoms with Crippen LogP contribution in [0.3, 0.4) is 0 Å². The lowest BCUT2D eigenvalue weighted by Gasteiger charge is -2.10. The number of carbonyl (C=O) groups excluding carboxylic acids is 1. The number of carbonyl (C=O) groups is 1. The van der Waals surface area contributed by atoms with E-state index in [0.29, 0.717) is 17.9 Å². The number of esters is 1. The number of hydrogen-bond donors (Lipinski definition) is 0. The zero-order chi connectivity index (χ0) is 13.1. The molecule has 1 aromatic rings. The van der Waals surface area contributed by atoms with E-state index in [9.17, 15) is 4.79 Å². The minimum atomic E-state index is -0.119. The smallest absolute Gasteiger partial charge is 0.306 e. The van der Waals surface area contributed by atoms with Gasteiger partial charge in [0.05, 0.1) is 5.03 Å². The van der Waals surface area contributed by atoms with Crippen molar-refractivity contribution in [3.63, 3.8) is 0 Å². The lowest BCUT2D eigenvalue weighted by molar-refractivity contribution is -0.141. The lowest BCUT2D eigenvalue weighted by Crippen LogP contribution is -2.06. The van der Waals surface area contributed by atoms with E-state index in [1.165, 1.54) is 5.56 Å². The SMILES string of the molecule is Cc1ccc(/C(Cl)=C(/Br)C[C@@H]2CCC(=O)O2)cc1. The number of rotatable bonds is 3. The molecular weight excluding hydrogens is 316 g/mol. The second kappa shape index (κ2) is 5.89. The Kier molecular flexibility index (Phi) is 4.46. The van der Waals surface area contributed by atoms with Crippen LogP contribution in [-0.2, 0) is 9.53 Å². The minimum Gasteiger partial charge on any atom is -0.462 e. The Morgan fingerprint density at radius 3 is 2.67 bits per heavy atom. The first kappa shape index (κ1) is 13.6. The van der Waals surface area contributed by atoms with Gasteiger partial charge >= 0.3 is 5.97 Å². The zero-order valence-electron chi connectivity index (χ0n) is 10.1. The number of cyclic esters (lactones) is 1. The van der Waals surface area contributed by atoms with Crippen molar-refractivity contribution in [2.75, 3.05) is 0 Å². The summed E-state index contributed by atoms with van der Waals surface area (Å²) < 4.78 is 6.06. The summed E-state index contributed by atoms with van der Waals surface area (Å²) in [5, 5.41) is 0.679. The molecule has 0 unspecified atom stereocenters. The molecule has 0 amide bonds. The predicted molar refractivity (Wildman–Crippen MR) is 76.6 cm³/mol.